The predicted octanol–water partition coefficient (Wildman–Crippen LogP) is 1.50. The number of hydrogen-bond donors (Lipinski definition) is 1. The molecule has 1 saturated carbocycles. The van der Waals surface area contributed by atoms with Crippen LogP contribution in [0, 0.1) is 0 Å². The van der Waals surface area contributed by atoms with Crippen LogP contribution in [0.4, 0.5) is 0 Å². The van der Waals surface area contributed by atoms with Crippen LogP contribution in [-0.2, 0) is 14.3 Å². The normalized spacial score (nSPS) is 26.3. The molecule has 3 rings (SSSR count). The summed E-state index contributed by atoms with van der Waals surface area (Å²) in [6, 6.07) is 7.99. The maximum Gasteiger partial charge on any atom is 0.308 e. The fourth-order valence-corrected chi connectivity index (χ4v) is 3.70. The first-order valence-corrected chi connectivity index (χ1v) is 8.36. The average molecular weight is 330 g/mol. The Morgan fingerprint density at radius 3 is 2.62 bits per heavy atom. The third kappa shape index (κ3) is 3.13. The van der Waals surface area contributed by atoms with Gasteiger partial charge in [0.05, 0.1) is 19.6 Å². The lowest BCUT2D eigenvalue weighted by atomic mass is 9.84. The van der Waals surface area contributed by atoms with E-state index >= 15 is 0 Å². The van der Waals surface area contributed by atoms with E-state index in [1.165, 1.54) is 7.11 Å². The SMILES string of the molecule is COC(=O)C[C@@H]1C(=O)N[C@@H]2CCCC[C@H]2N1C(=O)c1ccccc1. The van der Waals surface area contributed by atoms with Crippen LogP contribution in [0.25, 0.3) is 0 Å². The molecule has 2 aliphatic rings. The molecule has 0 bridgehead atoms. The van der Waals surface area contributed by atoms with Gasteiger partial charge in [-0.1, -0.05) is 31.0 Å². The number of methoxy groups -OCH3 is 1. The van der Waals surface area contributed by atoms with E-state index in [1.807, 2.05) is 6.07 Å². The van der Waals surface area contributed by atoms with Crippen molar-refractivity contribution in [3.63, 3.8) is 0 Å². The number of carbonyl (C=O) groups is 3. The van der Waals surface area contributed by atoms with E-state index in [1.54, 1.807) is 29.2 Å². The first-order valence-electron chi connectivity index (χ1n) is 8.36. The molecule has 3 atom stereocenters. The highest BCUT2D eigenvalue weighted by Crippen LogP contribution is 2.30. The Hall–Kier alpha value is -2.37. The van der Waals surface area contributed by atoms with Crippen LogP contribution < -0.4 is 5.32 Å². The van der Waals surface area contributed by atoms with Crippen LogP contribution in [0.5, 0.6) is 0 Å². The number of nitrogens with zero attached hydrogens (tertiary/aromatic N) is 1. The Kier molecular flexibility index (Phi) is 4.83. The quantitative estimate of drug-likeness (QED) is 0.852. The van der Waals surface area contributed by atoms with Crippen LogP contribution in [0.3, 0.4) is 0 Å². The Balaban J connectivity index is 1.94. The lowest BCUT2D eigenvalue weighted by Gasteiger charge is -2.48. The van der Waals surface area contributed by atoms with Gasteiger partial charge in [0.15, 0.2) is 0 Å². The largest absolute Gasteiger partial charge is 0.469 e. The molecule has 1 aliphatic carbocycles. The lowest BCUT2D eigenvalue weighted by Crippen LogP contribution is -2.67. The summed E-state index contributed by atoms with van der Waals surface area (Å²) in [6.07, 6.45) is 3.63. The number of carbonyl (C=O) groups excluding carboxylic acids is 3. The molecule has 0 spiro atoms. The number of piperazine rings is 1. The molecule has 6 nitrogen and oxygen atoms in total. The first kappa shape index (κ1) is 16.5. The topological polar surface area (TPSA) is 75.7 Å². The van der Waals surface area contributed by atoms with Crippen molar-refractivity contribution in [2.45, 2.75) is 50.2 Å². The summed E-state index contributed by atoms with van der Waals surface area (Å²) < 4.78 is 4.71. The van der Waals surface area contributed by atoms with E-state index in [9.17, 15) is 14.4 Å². The zero-order valence-electron chi connectivity index (χ0n) is 13.7. The second kappa shape index (κ2) is 7.03. The monoisotopic (exact) mass is 330 g/mol. The van der Waals surface area contributed by atoms with Crippen LogP contribution in [0.1, 0.15) is 42.5 Å². The third-order valence-electron chi connectivity index (χ3n) is 4.90. The molecular weight excluding hydrogens is 308 g/mol. The molecule has 0 unspecified atom stereocenters. The highest BCUT2D eigenvalue weighted by molar-refractivity contribution is 5.99. The van der Waals surface area contributed by atoms with Crippen molar-refractivity contribution >= 4 is 17.8 Å². The summed E-state index contributed by atoms with van der Waals surface area (Å²) in [5.74, 6) is -0.959. The van der Waals surface area contributed by atoms with E-state index in [2.05, 4.69) is 5.32 Å². The number of benzene rings is 1. The minimum absolute atomic E-state index is 0.0344. The van der Waals surface area contributed by atoms with Gasteiger partial charge in [0.25, 0.3) is 5.91 Å². The van der Waals surface area contributed by atoms with Gasteiger partial charge in [-0.05, 0) is 25.0 Å². The van der Waals surface area contributed by atoms with Crippen molar-refractivity contribution in [1.29, 1.82) is 0 Å². The molecule has 1 heterocycles. The van der Waals surface area contributed by atoms with E-state index < -0.39 is 12.0 Å². The molecule has 1 N–H and O–H groups in total. The summed E-state index contributed by atoms with van der Waals surface area (Å²) in [5, 5.41) is 2.99. The number of amides is 2. The number of esters is 1. The smallest absolute Gasteiger partial charge is 0.308 e. The molecule has 128 valence electrons. The molecule has 1 aromatic rings. The van der Waals surface area contributed by atoms with Crippen LogP contribution in [0.15, 0.2) is 30.3 Å². The molecule has 2 amide bonds. The predicted molar refractivity (Wildman–Crippen MR) is 87.2 cm³/mol. The second-order valence-corrected chi connectivity index (χ2v) is 6.34. The van der Waals surface area contributed by atoms with Crippen LogP contribution in [-0.4, -0.2) is 47.9 Å². The fraction of sp³-hybridized carbons (Fsp3) is 0.500. The van der Waals surface area contributed by atoms with E-state index in [-0.39, 0.29) is 30.3 Å². The summed E-state index contributed by atoms with van der Waals surface area (Å²) in [7, 11) is 1.29. The molecule has 1 aromatic carbocycles. The van der Waals surface area contributed by atoms with Crippen molar-refractivity contribution in [3.05, 3.63) is 35.9 Å². The van der Waals surface area contributed by atoms with E-state index in [4.69, 9.17) is 4.74 Å². The van der Waals surface area contributed by atoms with Crippen LogP contribution in [0.2, 0.25) is 0 Å². The van der Waals surface area contributed by atoms with Crippen molar-refractivity contribution < 1.29 is 19.1 Å². The highest BCUT2D eigenvalue weighted by atomic mass is 16.5. The Labute approximate surface area is 141 Å². The molecule has 1 saturated heterocycles. The molecular formula is C18H22N2O4. The zero-order valence-corrected chi connectivity index (χ0v) is 13.7. The molecule has 1 aliphatic heterocycles. The lowest BCUT2D eigenvalue weighted by molar-refractivity contribution is -0.147. The number of nitrogens with one attached hydrogen (secondary N) is 1. The maximum absolute atomic E-state index is 13.1. The second-order valence-electron chi connectivity index (χ2n) is 6.34. The molecule has 0 radical (unpaired) electrons. The zero-order chi connectivity index (χ0) is 17.1. The van der Waals surface area contributed by atoms with Gasteiger partial charge in [-0.15, -0.1) is 0 Å². The number of hydrogen-bond acceptors (Lipinski definition) is 4. The van der Waals surface area contributed by atoms with E-state index in [0.717, 1.165) is 25.7 Å². The van der Waals surface area contributed by atoms with Crippen molar-refractivity contribution in [2.24, 2.45) is 0 Å². The summed E-state index contributed by atoms with van der Waals surface area (Å²) >= 11 is 0. The van der Waals surface area contributed by atoms with E-state index in [0.29, 0.717) is 5.56 Å². The molecule has 24 heavy (non-hydrogen) atoms. The Morgan fingerprint density at radius 1 is 1.21 bits per heavy atom. The Bertz CT molecular complexity index is 631. The number of ether oxygens (including phenoxy) is 1. The van der Waals surface area contributed by atoms with Gasteiger partial charge < -0.3 is 15.0 Å². The van der Waals surface area contributed by atoms with Gasteiger partial charge in [0, 0.05) is 11.6 Å². The standard InChI is InChI=1S/C18H22N2O4/c1-24-16(21)11-15-17(22)19-13-9-5-6-10-14(13)20(15)18(23)12-7-3-2-4-8-12/h2-4,7-8,13-15H,5-6,9-11H2,1H3,(H,19,22)/t13-,14-,15-/m1/s1. The summed E-state index contributed by atoms with van der Waals surface area (Å²) in [5.41, 5.74) is 0.534. The van der Waals surface area contributed by atoms with Gasteiger partial charge in [-0.25, -0.2) is 0 Å². The van der Waals surface area contributed by atoms with Gasteiger partial charge in [-0.2, -0.15) is 0 Å². The minimum Gasteiger partial charge on any atom is -0.469 e. The van der Waals surface area contributed by atoms with Gasteiger partial charge in [-0.3, -0.25) is 14.4 Å². The van der Waals surface area contributed by atoms with Crippen molar-refractivity contribution in [1.82, 2.24) is 10.2 Å². The third-order valence-corrected chi connectivity index (χ3v) is 4.90. The molecule has 0 aromatic heterocycles. The number of rotatable bonds is 3. The van der Waals surface area contributed by atoms with Crippen LogP contribution >= 0.6 is 0 Å². The van der Waals surface area contributed by atoms with Crippen molar-refractivity contribution in [3.8, 4) is 0 Å². The number of fused-ring (bicyclic) bond motifs is 1. The van der Waals surface area contributed by atoms with Gasteiger partial charge in [0.2, 0.25) is 5.91 Å². The molecule has 6 heteroatoms. The minimum atomic E-state index is -0.815. The summed E-state index contributed by atoms with van der Waals surface area (Å²) in [6.45, 7) is 0. The highest BCUT2D eigenvalue weighted by Gasteiger charge is 2.46. The summed E-state index contributed by atoms with van der Waals surface area (Å²) in [4.78, 5) is 39.0. The fourth-order valence-electron chi connectivity index (χ4n) is 3.70. The van der Waals surface area contributed by atoms with Gasteiger partial charge in [0.1, 0.15) is 6.04 Å². The van der Waals surface area contributed by atoms with Gasteiger partial charge >= 0.3 is 5.97 Å². The Morgan fingerprint density at radius 2 is 1.92 bits per heavy atom. The first-order chi connectivity index (χ1) is 11.6. The average Bonchev–Trinajstić information content (AvgIpc) is 2.62. The maximum atomic E-state index is 13.1. The molecule has 2 fully saturated rings. The van der Waals surface area contributed by atoms with Crippen molar-refractivity contribution in [2.75, 3.05) is 7.11 Å².